The second-order valence-corrected chi connectivity index (χ2v) is 3.89. The third-order valence-electron chi connectivity index (χ3n) is 2.60. The summed E-state index contributed by atoms with van der Waals surface area (Å²) < 4.78 is 0.872. The van der Waals surface area contributed by atoms with Crippen LogP contribution in [0.15, 0.2) is 39.9 Å². The first-order valence-corrected chi connectivity index (χ1v) is 5.40. The Morgan fingerprint density at radius 3 is 2.47 bits per heavy atom. The maximum Gasteiger partial charge on any atom is 0.331 e. The fraction of sp³-hybridized carbons (Fsp3) is 0.0833. The van der Waals surface area contributed by atoms with Crippen molar-refractivity contribution in [2.45, 2.75) is 6.54 Å². The summed E-state index contributed by atoms with van der Waals surface area (Å²) in [6, 6.07) is 8.80. The average molecular weight is 261 g/mol. The first-order valence-electron chi connectivity index (χ1n) is 5.40. The molecule has 19 heavy (non-hydrogen) atoms. The smallest absolute Gasteiger partial charge is 0.331 e. The number of benzene rings is 1. The molecule has 2 aromatic rings. The molecule has 7 heteroatoms. The van der Waals surface area contributed by atoms with Crippen molar-refractivity contribution < 1.29 is 9.90 Å². The van der Waals surface area contributed by atoms with Gasteiger partial charge in [0.2, 0.25) is 5.88 Å². The second kappa shape index (κ2) is 4.81. The molecule has 0 fully saturated rings. The van der Waals surface area contributed by atoms with Crippen LogP contribution in [0.2, 0.25) is 0 Å². The molecule has 4 N–H and O–H groups in total. The zero-order valence-corrected chi connectivity index (χ0v) is 9.79. The van der Waals surface area contributed by atoms with E-state index in [9.17, 15) is 19.5 Å². The number of nitrogens with one attached hydrogen (secondary N) is 1. The summed E-state index contributed by atoms with van der Waals surface area (Å²) in [5.41, 5.74) is 3.28. The third kappa shape index (κ3) is 2.39. The van der Waals surface area contributed by atoms with Crippen LogP contribution in [0, 0.1) is 0 Å². The van der Waals surface area contributed by atoms with Crippen molar-refractivity contribution in [2.75, 3.05) is 0 Å². The molecule has 0 unspecified atom stereocenters. The van der Waals surface area contributed by atoms with Gasteiger partial charge in [-0.15, -0.1) is 0 Å². The molecule has 0 saturated heterocycles. The number of amides is 1. The van der Waals surface area contributed by atoms with Gasteiger partial charge in [0.05, 0.1) is 6.54 Å². The van der Waals surface area contributed by atoms with Gasteiger partial charge in [-0.05, 0) is 5.56 Å². The molecule has 0 aliphatic heterocycles. The number of primary amides is 1. The monoisotopic (exact) mass is 261 g/mol. The van der Waals surface area contributed by atoms with Crippen LogP contribution >= 0.6 is 0 Å². The van der Waals surface area contributed by atoms with Crippen LogP contribution in [0.25, 0.3) is 0 Å². The van der Waals surface area contributed by atoms with Crippen molar-refractivity contribution >= 4 is 5.91 Å². The number of rotatable bonds is 3. The van der Waals surface area contributed by atoms with Gasteiger partial charge < -0.3 is 10.8 Å². The highest BCUT2D eigenvalue weighted by Crippen LogP contribution is 2.11. The fourth-order valence-corrected chi connectivity index (χ4v) is 1.69. The van der Waals surface area contributed by atoms with Crippen molar-refractivity contribution in [3.63, 3.8) is 0 Å². The molecule has 0 aliphatic rings. The molecule has 0 bridgehead atoms. The summed E-state index contributed by atoms with van der Waals surface area (Å²) in [7, 11) is 0. The molecule has 0 radical (unpaired) electrons. The van der Waals surface area contributed by atoms with Gasteiger partial charge in [-0.2, -0.15) is 0 Å². The number of carbonyl (C=O) groups excluding carboxylic acids is 1. The highest BCUT2D eigenvalue weighted by Gasteiger charge is 2.18. The Bertz CT molecular complexity index is 731. The van der Waals surface area contributed by atoms with Crippen LogP contribution in [-0.2, 0) is 6.54 Å². The number of aromatic nitrogens is 2. The Morgan fingerprint density at radius 2 is 1.89 bits per heavy atom. The standard InChI is InChI=1S/C12H11N3O4/c13-9(16)8-10(17)14-12(19)15(11(8)18)6-7-4-2-1-3-5-7/h1-5,18H,6H2,(H2,13,16)(H,14,17,19). The maximum absolute atomic E-state index is 11.6. The van der Waals surface area contributed by atoms with E-state index in [-0.39, 0.29) is 6.54 Å². The van der Waals surface area contributed by atoms with Gasteiger partial charge in [0.15, 0.2) is 5.56 Å². The Hall–Kier alpha value is -2.83. The fourth-order valence-electron chi connectivity index (χ4n) is 1.69. The van der Waals surface area contributed by atoms with E-state index in [0.717, 1.165) is 10.1 Å². The number of aromatic amines is 1. The molecule has 2 rings (SSSR count). The van der Waals surface area contributed by atoms with Gasteiger partial charge >= 0.3 is 5.69 Å². The maximum atomic E-state index is 11.6. The van der Waals surface area contributed by atoms with Crippen molar-refractivity contribution in [1.29, 1.82) is 0 Å². The quantitative estimate of drug-likeness (QED) is 0.682. The van der Waals surface area contributed by atoms with E-state index in [1.165, 1.54) is 0 Å². The average Bonchev–Trinajstić information content (AvgIpc) is 2.35. The van der Waals surface area contributed by atoms with Crippen LogP contribution in [0.4, 0.5) is 0 Å². The summed E-state index contributed by atoms with van der Waals surface area (Å²) in [6.45, 7) is 0.0164. The van der Waals surface area contributed by atoms with Gasteiger partial charge in [0, 0.05) is 0 Å². The van der Waals surface area contributed by atoms with Crippen LogP contribution in [0.3, 0.4) is 0 Å². The number of hydrogen-bond acceptors (Lipinski definition) is 4. The largest absolute Gasteiger partial charge is 0.494 e. The van der Waals surface area contributed by atoms with Gasteiger partial charge in [-0.25, -0.2) is 4.79 Å². The van der Waals surface area contributed by atoms with Crippen molar-refractivity contribution in [3.05, 3.63) is 62.3 Å². The van der Waals surface area contributed by atoms with Crippen LogP contribution in [0.5, 0.6) is 5.88 Å². The first-order chi connectivity index (χ1) is 9.00. The van der Waals surface area contributed by atoms with Crippen molar-refractivity contribution in [3.8, 4) is 5.88 Å². The minimum Gasteiger partial charge on any atom is -0.494 e. The van der Waals surface area contributed by atoms with E-state index < -0.39 is 28.6 Å². The van der Waals surface area contributed by atoms with Gasteiger partial charge in [-0.3, -0.25) is 19.1 Å². The summed E-state index contributed by atoms with van der Waals surface area (Å²) in [5.74, 6) is -1.83. The molecule has 0 saturated carbocycles. The minimum absolute atomic E-state index is 0.0164. The van der Waals surface area contributed by atoms with E-state index in [1.807, 2.05) is 4.98 Å². The zero-order valence-electron chi connectivity index (χ0n) is 9.79. The summed E-state index contributed by atoms with van der Waals surface area (Å²) in [6.07, 6.45) is 0. The Kier molecular flexibility index (Phi) is 3.19. The molecule has 1 heterocycles. The lowest BCUT2D eigenvalue weighted by Gasteiger charge is -2.09. The van der Waals surface area contributed by atoms with E-state index in [0.29, 0.717) is 0 Å². The molecule has 1 aromatic heterocycles. The number of aromatic hydroxyl groups is 1. The molecule has 98 valence electrons. The Morgan fingerprint density at radius 1 is 1.26 bits per heavy atom. The van der Waals surface area contributed by atoms with Crippen LogP contribution in [0.1, 0.15) is 15.9 Å². The van der Waals surface area contributed by atoms with E-state index in [4.69, 9.17) is 5.73 Å². The number of nitrogens with two attached hydrogens (primary N) is 1. The second-order valence-electron chi connectivity index (χ2n) is 3.89. The predicted molar refractivity (Wildman–Crippen MR) is 67.0 cm³/mol. The van der Waals surface area contributed by atoms with E-state index >= 15 is 0 Å². The van der Waals surface area contributed by atoms with E-state index in [2.05, 4.69) is 0 Å². The molecular weight excluding hydrogens is 250 g/mol. The Balaban J connectivity index is 2.58. The summed E-state index contributed by atoms with van der Waals surface area (Å²) >= 11 is 0. The summed E-state index contributed by atoms with van der Waals surface area (Å²) in [5, 5.41) is 9.82. The molecule has 7 nitrogen and oxygen atoms in total. The van der Waals surface area contributed by atoms with Gasteiger partial charge in [-0.1, -0.05) is 30.3 Å². The normalized spacial score (nSPS) is 10.3. The first kappa shape index (κ1) is 12.6. The van der Waals surface area contributed by atoms with Crippen LogP contribution < -0.4 is 17.0 Å². The van der Waals surface area contributed by atoms with E-state index in [1.54, 1.807) is 30.3 Å². The molecule has 0 aliphatic carbocycles. The SMILES string of the molecule is NC(=O)c1c(O)n(Cc2ccccc2)c(=O)[nH]c1=O. The zero-order chi connectivity index (χ0) is 14.0. The molecule has 1 aromatic carbocycles. The number of H-pyrrole nitrogens is 1. The van der Waals surface area contributed by atoms with Crippen molar-refractivity contribution in [1.82, 2.24) is 9.55 Å². The lowest BCUT2D eigenvalue weighted by Crippen LogP contribution is -2.35. The number of carbonyl (C=O) groups is 1. The highest BCUT2D eigenvalue weighted by atomic mass is 16.3. The van der Waals surface area contributed by atoms with Crippen LogP contribution in [-0.4, -0.2) is 20.6 Å². The highest BCUT2D eigenvalue weighted by molar-refractivity contribution is 5.94. The Labute approximate surface area is 106 Å². The lowest BCUT2D eigenvalue weighted by molar-refractivity contribution is 0.0994. The summed E-state index contributed by atoms with van der Waals surface area (Å²) in [4.78, 5) is 36.0. The minimum atomic E-state index is -1.10. The molecule has 1 amide bonds. The molecule has 0 atom stereocenters. The molecule has 0 spiro atoms. The van der Waals surface area contributed by atoms with Crippen molar-refractivity contribution in [2.24, 2.45) is 5.73 Å². The van der Waals surface area contributed by atoms with Gasteiger partial charge in [0.25, 0.3) is 11.5 Å². The number of hydrogen-bond donors (Lipinski definition) is 3. The topological polar surface area (TPSA) is 118 Å². The van der Waals surface area contributed by atoms with Gasteiger partial charge in [0.1, 0.15) is 0 Å². The lowest BCUT2D eigenvalue weighted by atomic mass is 10.2. The molecular formula is C12H11N3O4. The number of nitrogens with zero attached hydrogens (tertiary/aromatic N) is 1. The predicted octanol–water partition coefficient (Wildman–Crippen LogP) is -0.611. The third-order valence-corrected chi connectivity index (χ3v) is 2.60.